The summed E-state index contributed by atoms with van der Waals surface area (Å²) in [7, 11) is 0. The molecule has 1 unspecified atom stereocenters. The van der Waals surface area contributed by atoms with Crippen molar-refractivity contribution >= 4 is 11.9 Å². The van der Waals surface area contributed by atoms with Crippen molar-refractivity contribution in [3.8, 4) is 5.75 Å². The highest BCUT2D eigenvalue weighted by molar-refractivity contribution is 5.99. The highest BCUT2D eigenvalue weighted by Crippen LogP contribution is 2.30. The van der Waals surface area contributed by atoms with Crippen molar-refractivity contribution in [2.45, 2.75) is 12.5 Å². The summed E-state index contributed by atoms with van der Waals surface area (Å²) in [6.45, 7) is 0. The van der Waals surface area contributed by atoms with Gasteiger partial charge in [-0.15, -0.1) is 0 Å². The Bertz CT molecular complexity index is 439. The average Bonchev–Trinajstić information content (AvgIpc) is 2.42. The van der Waals surface area contributed by atoms with Crippen LogP contribution in [0.15, 0.2) is 18.2 Å². The Hall–Kier alpha value is -2.04. The molecule has 0 saturated carbocycles. The summed E-state index contributed by atoms with van der Waals surface area (Å²) in [5.41, 5.74) is 0.974. The summed E-state index contributed by atoms with van der Waals surface area (Å²) in [4.78, 5) is 21.9. The molecule has 0 radical (unpaired) electrons. The zero-order valence-electron chi connectivity index (χ0n) is 7.73. The maximum atomic E-state index is 11.4. The molecule has 1 amide bonds. The van der Waals surface area contributed by atoms with E-state index >= 15 is 0 Å². The molecular formula is C10H9NO4. The van der Waals surface area contributed by atoms with Gasteiger partial charge in [0.15, 0.2) is 0 Å². The highest BCUT2D eigenvalue weighted by Gasteiger charge is 2.30. The van der Waals surface area contributed by atoms with Crippen molar-refractivity contribution in [1.82, 2.24) is 5.32 Å². The van der Waals surface area contributed by atoms with Gasteiger partial charge in [0.2, 0.25) is 0 Å². The fraction of sp³-hybridized carbons (Fsp3) is 0.200. The molecule has 2 rings (SSSR count). The minimum Gasteiger partial charge on any atom is -0.508 e. The van der Waals surface area contributed by atoms with Crippen molar-refractivity contribution in [2.24, 2.45) is 0 Å². The van der Waals surface area contributed by atoms with Gasteiger partial charge in [-0.05, 0) is 23.8 Å². The minimum absolute atomic E-state index is 0.0284. The molecule has 1 aliphatic rings. The summed E-state index contributed by atoms with van der Waals surface area (Å²) in [5, 5.41) is 20.4. The minimum atomic E-state index is -0.989. The first-order valence-corrected chi connectivity index (χ1v) is 4.43. The SMILES string of the molecule is O=C(O)CC1NC(=O)c2ccc(O)cc21. The number of benzene rings is 1. The van der Waals surface area contributed by atoms with Gasteiger partial charge < -0.3 is 15.5 Å². The topological polar surface area (TPSA) is 86.6 Å². The number of amides is 1. The first-order chi connectivity index (χ1) is 7.08. The number of carbonyl (C=O) groups is 2. The predicted octanol–water partition coefficient (Wildman–Crippen LogP) is 0.651. The van der Waals surface area contributed by atoms with Gasteiger partial charge in [-0.25, -0.2) is 0 Å². The largest absolute Gasteiger partial charge is 0.508 e. The maximum Gasteiger partial charge on any atom is 0.305 e. The third kappa shape index (κ3) is 1.63. The van der Waals surface area contributed by atoms with Crippen molar-refractivity contribution < 1.29 is 19.8 Å². The van der Waals surface area contributed by atoms with E-state index in [1.807, 2.05) is 0 Å². The molecule has 1 heterocycles. The number of nitrogens with one attached hydrogen (secondary N) is 1. The molecule has 5 heteroatoms. The second-order valence-corrected chi connectivity index (χ2v) is 3.40. The molecule has 0 aromatic heterocycles. The Labute approximate surface area is 85.3 Å². The Kier molecular flexibility index (Phi) is 2.07. The van der Waals surface area contributed by atoms with Crippen LogP contribution >= 0.6 is 0 Å². The Morgan fingerprint density at radius 3 is 2.87 bits per heavy atom. The Balaban J connectivity index is 2.39. The van der Waals surface area contributed by atoms with Crippen molar-refractivity contribution in [3.63, 3.8) is 0 Å². The summed E-state index contributed by atoms with van der Waals surface area (Å²) >= 11 is 0. The van der Waals surface area contributed by atoms with E-state index in [0.29, 0.717) is 11.1 Å². The van der Waals surface area contributed by atoms with Gasteiger partial charge in [0.25, 0.3) is 5.91 Å². The molecular weight excluding hydrogens is 198 g/mol. The first kappa shape index (κ1) is 9.51. The van der Waals surface area contributed by atoms with Crippen molar-refractivity contribution in [1.29, 1.82) is 0 Å². The number of rotatable bonds is 2. The zero-order valence-corrected chi connectivity index (χ0v) is 7.73. The molecule has 0 fully saturated rings. The monoisotopic (exact) mass is 207 g/mol. The molecule has 1 atom stereocenters. The number of carbonyl (C=O) groups excluding carboxylic acids is 1. The van der Waals surface area contributed by atoms with Gasteiger partial charge in [0.1, 0.15) is 5.75 Å². The molecule has 15 heavy (non-hydrogen) atoms. The number of phenols is 1. The molecule has 0 spiro atoms. The lowest BCUT2D eigenvalue weighted by Crippen LogP contribution is -2.21. The van der Waals surface area contributed by atoms with E-state index in [1.165, 1.54) is 18.2 Å². The predicted molar refractivity (Wildman–Crippen MR) is 50.6 cm³/mol. The maximum absolute atomic E-state index is 11.4. The van der Waals surface area contributed by atoms with Crippen LogP contribution in [0.2, 0.25) is 0 Å². The number of carboxylic acids is 1. The Morgan fingerprint density at radius 2 is 2.20 bits per heavy atom. The number of aliphatic carboxylic acids is 1. The lowest BCUT2D eigenvalue weighted by molar-refractivity contribution is -0.137. The first-order valence-electron chi connectivity index (χ1n) is 4.43. The van der Waals surface area contributed by atoms with E-state index < -0.39 is 12.0 Å². The zero-order chi connectivity index (χ0) is 11.0. The van der Waals surface area contributed by atoms with E-state index in [0.717, 1.165) is 0 Å². The summed E-state index contributed by atoms with van der Waals surface area (Å²) in [5.74, 6) is -1.26. The summed E-state index contributed by atoms with van der Waals surface area (Å²) in [6, 6.07) is 3.77. The quantitative estimate of drug-likeness (QED) is 0.664. The van der Waals surface area contributed by atoms with E-state index in [9.17, 15) is 14.7 Å². The highest BCUT2D eigenvalue weighted by atomic mass is 16.4. The van der Waals surface area contributed by atoms with Crippen LogP contribution in [-0.2, 0) is 4.79 Å². The van der Waals surface area contributed by atoms with E-state index in [4.69, 9.17) is 5.11 Å². The second kappa shape index (κ2) is 3.27. The fourth-order valence-electron chi connectivity index (χ4n) is 1.69. The Morgan fingerprint density at radius 1 is 1.47 bits per heavy atom. The van der Waals surface area contributed by atoms with Gasteiger partial charge in [-0.3, -0.25) is 9.59 Å². The van der Waals surface area contributed by atoms with Crippen LogP contribution in [0, 0.1) is 0 Å². The molecule has 78 valence electrons. The van der Waals surface area contributed by atoms with Crippen molar-refractivity contribution in [2.75, 3.05) is 0 Å². The fourth-order valence-corrected chi connectivity index (χ4v) is 1.69. The molecule has 1 aromatic carbocycles. The van der Waals surface area contributed by atoms with Gasteiger partial charge in [0, 0.05) is 5.56 Å². The lowest BCUT2D eigenvalue weighted by atomic mass is 10.0. The third-order valence-electron chi connectivity index (χ3n) is 2.34. The van der Waals surface area contributed by atoms with Gasteiger partial charge in [0.05, 0.1) is 12.5 Å². The third-order valence-corrected chi connectivity index (χ3v) is 2.34. The molecule has 1 aromatic rings. The number of carboxylic acid groups (broad SMARTS) is 1. The number of hydrogen-bond acceptors (Lipinski definition) is 3. The molecule has 0 aliphatic carbocycles. The number of aromatic hydroxyl groups is 1. The smallest absolute Gasteiger partial charge is 0.305 e. The molecule has 1 aliphatic heterocycles. The van der Waals surface area contributed by atoms with Gasteiger partial charge >= 0.3 is 5.97 Å². The van der Waals surface area contributed by atoms with E-state index in [2.05, 4.69) is 5.32 Å². The lowest BCUT2D eigenvalue weighted by Gasteiger charge is -2.07. The van der Waals surface area contributed by atoms with Crippen LogP contribution in [0.25, 0.3) is 0 Å². The number of hydrogen-bond donors (Lipinski definition) is 3. The number of phenolic OH excluding ortho intramolecular Hbond substituents is 1. The summed E-state index contributed by atoms with van der Waals surface area (Å²) < 4.78 is 0. The van der Waals surface area contributed by atoms with Crippen LogP contribution in [0.5, 0.6) is 5.75 Å². The van der Waals surface area contributed by atoms with Crippen LogP contribution < -0.4 is 5.32 Å². The molecule has 3 N–H and O–H groups in total. The van der Waals surface area contributed by atoms with Gasteiger partial charge in [-0.1, -0.05) is 0 Å². The average molecular weight is 207 g/mol. The standard InChI is InChI=1S/C10H9NO4/c12-5-1-2-6-7(3-5)8(4-9(13)14)11-10(6)15/h1-3,8,12H,4H2,(H,11,15)(H,13,14). The van der Waals surface area contributed by atoms with Crippen LogP contribution in [0.4, 0.5) is 0 Å². The van der Waals surface area contributed by atoms with Crippen LogP contribution in [0.1, 0.15) is 28.4 Å². The van der Waals surface area contributed by atoms with Gasteiger partial charge in [-0.2, -0.15) is 0 Å². The molecule has 5 nitrogen and oxygen atoms in total. The normalized spacial score (nSPS) is 18.4. The van der Waals surface area contributed by atoms with Crippen LogP contribution in [0.3, 0.4) is 0 Å². The summed E-state index contributed by atoms with van der Waals surface area (Å²) in [6.07, 6.45) is -0.178. The van der Waals surface area contributed by atoms with Crippen LogP contribution in [-0.4, -0.2) is 22.1 Å². The molecule has 0 bridgehead atoms. The van der Waals surface area contributed by atoms with Crippen molar-refractivity contribution in [3.05, 3.63) is 29.3 Å². The van der Waals surface area contributed by atoms with E-state index in [1.54, 1.807) is 0 Å². The second-order valence-electron chi connectivity index (χ2n) is 3.40. The van der Waals surface area contributed by atoms with E-state index in [-0.39, 0.29) is 18.1 Å². The molecule has 0 saturated heterocycles. The number of fused-ring (bicyclic) bond motifs is 1.